The lowest BCUT2D eigenvalue weighted by molar-refractivity contribution is -0.142. The minimum atomic E-state index is -1.01. The highest BCUT2D eigenvalue weighted by molar-refractivity contribution is 5.87. The molecule has 0 saturated carbocycles. The number of carbonyl (C=O) groups is 3. The van der Waals surface area contributed by atoms with Crippen molar-refractivity contribution in [1.82, 2.24) is 16.0 Å². The van der Waals surface area contributed by atoms with Crippen LogP contribution in [-0.4, -0.2) is 54.9 Å². The highest BCUT2D eigenvalue weighted by Crippen LogP contribution is 2.13. The van der Waals surface area contributed by atoms with E-state index >= 15 is 0 Å². The van der Waals surface area contributed by atoms with Crippen molar-refractivity contribution in [1.29, 1.82) is 0 Å². The summed E-state index contributed by atoms with van der Waals surface area (Å²) in [6.07, 6.45) is 0. The minimum absolute atomic E-state index is 0.0741. The van der Waals surface area contributed by atoms with Gasteiger partial charge in [0, 0.05) is 6.54 Å². The van der Waals surface area contributed by atoms with Crippen molar-refractivity contribution in [3.63, 3.8) is 0 Å². The highest BCUT2D eigenvalue weighted by Gasteiger charge is 2.35. The first-order valence-corrected chi connectivity index (χ1v) is 6.96. The maximum absolute atomic E-state index is 11.8. The smallest absolute Gasteiger partial charge is 0.315 e. The molecule has 8 heteroatoms. The number of ether oxygens (including phenoxy) is 1. The largest absolute Gasteiger partial charge is 0.481 e. The molecule has 0 aromatic heterocycles. The first-order valence-electron chi connectivity index (χ1n) is 6.96. The molecule has 0 radical (unpaired) electrons. The number of rotatable bonds is 6. The molecule has 4 N–H and O–H groups in total. The number of aliphatic carboxylic acids is 1. The van der Waals surface area contributed by atoms with Crippen LogP contribution in [0.1, 0.15) is 20.8 Å². The first-order chi connectivity index (χ1) is 9.81. The van der Waals surface area contributed by atoms with Crippen molar-refractivity contribution in [3.05, 3.63) is 0 Å². The van der Waals surface area contributed by atoms with Crippen molar-refractivity contribution in [3.8, 4) is 0 Å². The molecule has 3 unspecified atom stereocenters. The maximum Gasteiger partial charge on any atom is 0.315 e. The average molecular weight is 301 g/mol. The summed E-state index contributed by atoms with van der Waals surface area (Å²) in [6.45, 7) is 6.26. The summed E-state index contributed by atoms with van der Waals surface area (Å²) < 4.78 is 5.05. The third-order valence-electron chi connectivity index (χ3n) is 3.14. The van der Waals surface area contributed by atoms with Crippen LogP contribution < -0.4 is 16.0 Å². The van der Waals surface area contributed by atoms with E-state index in [0.29, 0.717) is 12.5 Å². The average Bonchev–Trinajstić information content (AvgIpc) is 2.83. The Labute approximate surface area is 123 Å². The number of hydrogen-bond acceptors (Lipinski definition) is 4. The molecule has 0 aliphatic carbocycles. The quantitative estimate of drug-likeness (QED) is 0.530. The SMILES string of the molecule is CC(C)CNC(=O)C(C)NC(=O)NC1COCC1C(=O)O. The third kappa shape index (κ3) is 5.58. The third-order valence-corrected chi connectivity index (χ3v) is 3.14. The maximum atomic E-state index is 11.8. The standard InChI is InChI=1S/C13H23N3O5/c1-7(2)4-14-11(17)8(3)15-13(20)16-10-6-21-5-9(10)12(18)19/h7-10H,4-6H2,1-3H3,(H,14,17)(H,18,19)(H2,15,16,20). The molecule has 0 aromatic carbocycles. The normalized spacial score (nSPS) is 22.7. The van der Waals surface area contributed by atoms with Crippen molar-refractivity contribution < 1.29 is 24.2 Å². The van der Waals surface area contributed by atoms with E-state index in [0.717, 1.165) is 0 Å². The summed E-state index contributed by atoms with van der Waals surface area (Å²) in [5.74, 6) is -1.74. The second-order valence-corrected chi connectivity index (χ2v) is 5.57. The molecule has 0 spiro atoms. The second-order valence-electron chi connectivity index (χ2n) is 5.57. The van der Waals surface area contributed by atoms with Gasteiger partial charge >= 0.3 is 12.0 Å². The Balaban J connectivity index is 2.39. The van der Waals surface area contributed by atoms with E-state index < -0.39 is 30.0 Å². The molecule has 0 aromatic rings. The van der Waals surface area contributed by atoms with E-state index in [2.05, 4.69) is 16.0 Å². The van der Waals surface area contributed by atoms with Crippen LogP contribution in [0.3, 0.4) is 0 Å². The molecule has 1 heterocycles. The number of carboxylic acids is 1. The number of hydrogen-bond donors (Lipinski definition) is 4. The van der Waals surface area contributed by atoms with Crippen LogP contribution in [0.5, 0.6) is 0 Å². The van der Waals surface area contributed by atoms with E-state index in [1.54, 1.807) is 6.92 Å². The van der Waals surface area contributed by atoms with Gasteiger partial charge in [-0.2, -0.15) is 0 Å². The summed E-state index contributed by atoms with van der Waals surface area (Å²) in [6, 6.07) is -1.87. The van der Waals surface area contributed by atoms with Gasteiger partial charge in [0.2, 0.25) is 5.91 Å². The summed E-state index contributed by atoms with van der Waals surface area (Å²) in [5.41, 5.74) is 0. The van der Waals surface area contributed by atoms with Gasteiger partial charge in [-0.15, -0.1) is 0 Å². The van der Waals surface area contributed by atoms with Gasteiger partial charge < -0.3 is 25.8 Å². The first kappa shape index (κ1) is 17.2. The molecule has 21 heavy (non-hydrogen) atoms. The zero-order chi connectivity index (χ0) is 16.0. The minimum Gasteiger partial charge on any atom is -0.481 e. The van der Waals surface area contributed by atoms with Crippen molar-refractivity contribution in [2.75, 3.05) is 19.8 Å². The zero-order valence-corrected chi connectivity index (χ0v) is 12.5. The van der Waals surface area contributed by atoms with Gasteiger partial charge in [-0.3, -0.25) is 9.59 Å². The van der Waals surface area contributed by atoms with Crippen molar-refractivity contribution in [2.45, 2.75) is 32.9 Å². The van der Waals surface area contributed by atoms with Crippen LogP contribution in [0.4, 0.5) is 4.79 Å². The Morgan fingerprint density at radius 2 is 1.90 bits per heavy atom. The van der Waals surface area contributed by atoms with Crippen LogP contribution in [0.15, 0.2) is 0 Å². The van der Waals surface area contributed by atoms with Crippen molar-refractivity contribution in [2.24, 2.45) is 11.8 Å². The number of nitrogens with one attached hydrogen (secondary N) is 3. The van der Waals surface area contributed by atoms with Crippen LogP contribution in [0, 0.1) is 11.8 Å². The molecule has 3 atom stereocenters. The molecule has 3 amide bonds. The fourth-order valence-electron chi connectivity index (χ4n) is 1.87. The van der Waals surface area contributed by atoms with Crippen LogP contribution in [0.25, 0.3) is 0 Å². The summed E-state index contributed by atoms with van der Waals surface area (Å²) in [7, 11) is 0. The summed E-state index contributed by atoms with van der Waals surface area (Å²) in [5, 5.41) is 16.7. The van der Waals surface area contributed by atoms with Gasteiger partial charge in [0.1, 0.15) is 12.0 Å². The Hall–Kier alpha value is -1.83. The molecule has 1 aliphatic rings. The number of urea groups is 1. The van der Waals surface area contributed by atoms with E-state index in [4.69, 9.17) is 9.84 Å². The topological polar surface area (TPSA) is 117 Å². The van der Waals surface area contributed by atoms with Gasteiger partial charge in [0.05, 0.1) is 19.3 Å². The summed E-state index contributed by atoms with van der Waals surface area (Å²) in [4.78, 5) is 34.4. The van der Waals surface area contributed by atoms with E-state index in [9.17, 15) is 14.4 Å². The molecule has 1 saturated heterocycles. The van der Waals surface area contributed by atoms with Crippen LogP contribution in [-0.2, 0) is 14.3 Å². The lowest BCUT2D eigenvalue weighted by Gasteiger charge is -2.19. The van der Waals surface area contributed by atoms with Crippen molar-refractivity contribution >= 4 is 17.9 Å². The number of amides is 3. The predicted molar refractivity (Wildman–Crippen MR) is 74.7 cm³/mol. The molecule has 8 nitrogen and oxygen atoms in total. The Bertz CT molecular complexity index is 399. The van der Waals surface area contributed by atoms with Gasteiger partial charge in [-0.05, 0) is 12.8 Å². The molecular weight excluding hydrogens is 278 g/mol. The second kappa shape index (κ2) is 7.82. The molecule has 1 fully saturated rings. The Morgan fingerprint density at radius 3 is 2.48 bits per heavy atom. The molecule has 1 rings (SSSR count). The fraction of sp³-hybridized carbons (Fsp3) is 0.769. The molecule has 0 bridgehead atoms. The summed E-state index contributed by atoms with van der Waals surface area (Å²) >= 11 is 0. The Kier molecular flexibility index (Phi) is 6.41. The van der Waals surface area contributed by atoms with Crippen LogP contribution in [0.2, 0.25) is 0 Å². The molecule has 120 valence electrons. The number of carbonyl (C=O) groups excluding carboxylic acids is 2. The number of carboxylic acid groups (broad SMARTS) is 1. The van der Waals surface area contributed by atoms with Gasteiger partial charge in [0.15, 0.2) is 0 Å². The van der Waals surface area contributed by atoms with Gasteiger partial charge in [0.25, 0.3) is 0 Å². The van der Waals surface area contributed by atoms with E-state index in [1.807, 2.05) is 13.8 Å². The zero-order valence-electron chi connectivity index (χ0n) is 12.5. The van der Waals surface area contributed by atoms with Gasteiger partial charge in [-0.1, -0.05) is 13.8 Å². The van der Waals surface area contributed by atoms with Gasteiger partial charge in [-0.25, -0.2) is 4.79 Å². The monoisotopic (exact) mass is 301 g/mol. The lowest BCUT2D eigenvalue weighted by Crippen LogP contribution is -2.53. The van der Waals surface area contributed by atoms with E-state index in [-0.39, 0.29) is 19.1 Å². The highest BCUT2D eigenvalue weighted by atomic mass is 16.5. The molecule has 1 aliphatic heterocycles. The lowest BCUT2D eigenvalue weighted by atomic mass is 10.0. The predicted octanol–water partition coefficient (Wildman–Crippen LogP) is -0.454. The van der Waals surface area contributed by atoms with E-state index in [1.165, 1.54) is 0 Å². The molecular formula is C13H23N3O5. The Morgan fingerprint density at radius 1 is 1.24 bits per heavy atom. The fourth-order valence-corrected chi connectivity index (χ4v) is 1.87. The van der Waals surface area contributed by atoms with Crippen LogP contribution >= 0.6 is 0 Å².